The van der Waals surface area contributed by atoms with Gasteiger partial charge in [0.15, 0.2) is 0 Å². The summed E-state index contributed by atoms with van der Waals surface area (Å²) in [5.74, 6) is 0. The van der Waals surface area contributed by atoms with E-state index >= 15 is 0 Å². The van der Waals surface area contributed by atoms with Gasteiger partial charge in [-0.15, -0.1) is 0 Å². The predicted molar refractivity (Wildman–Crippen MR) is 121 cm³/mol. The molecule has 6 rings (SSSR count). The molecule has 31 heavy (non-hydrogen) atoms. The summed E-state index contributed by atoms with van der Waals surface area (Å²) in [6, 6.07) is 33.8. The number of cyclic esters (lactones) is 2. The Kier molecular flexibility index (Phi) is 3.97. The molecule has 150 valence electrons. The third-order valence-corrected chi connectivity index (χ3v) is 6.45. The lowest BCUT2D eigenvalue weighted by Gasteiger charge is -2.34. The van der Waals surface area contributed by atoms with Gasteiger partial charge in [0, 0.05) is 0 Å². The third kappa shape index (κ3) is 2.77. The number of carbonyl (C=O) groups excluding carboxylic acids is 1. The van der Waals surface area contributed by atoms with E-state index in [4.69, 9.17) is 9.47 Å². The van der Waals surface area contributed by atoms with E-state index < -0.39 is 11.6 Å². The van der Waals surface area contributed by atoms with Crippen molar-refractivity contribution in [3.05, 3.63) is 108 Å². The zero-order valence-electron chi connectivity index (χ0n) is 16.9. The molecule has 1 aliphatic heterocycles. The van der Waals surface area contributed by atoms with Crippen LogP contribution in [-0.2, 0) is 14.9 Å². The van der Waals surface area contributed by atoms with Crippen molar-refractivity contribution in [2.24, 2.45) is 0 Å². The molecule has 3 heteroatoms. The van der Waals surface area contributed by atoms with Crippen LogP contribution >= 0.6 is 0 Å². The van der Waals surface area contributed by atoms with Gasteiger partial charge in [-0.3, -0.25) is 0 Å². The zero-order valence-corrected chi connectivity index (χ0v) is 16.9. The summed E-state index contributed by atoms with van der Waals surface area (Å²) >= 11 is 0. The first-order chi connectivity index (χ1) is 15.2. The van der Waals surface area contributed by atoms with Crippen molar-refractivity contribution in [1.82, 2.24) is 0 Å². The maximum absolute atomic E-state index is 11.8. The van der Waals surface area contributed by atoms with Gasteiger partial charge in [-0.2, -0.15) is 0 Å². The van der Waals surface area contributed by atoms with E-state index in [9.17, 15) is 4.79 Å². The Balaban J connectivity index is 1.55. The van der Waals surface area contributed by atoms with Crippen LogP contribution in [0, 0.1) is 0 Å². The summed E-state index contributed by atoms with van der Waals surface area (Å²) in [6.07, 6.45) is -0.598. The molecular weight excluding hydrogens is 384 g/mol. The molecule has 0 amide bonds. The molecule has 2 aliphatic rings. The molecule has 1 heterocycles. The highest BCUT2D eigenvalue weighted by molar-refractivity contribution is 5.86. The minimum Gasteiger partial charge on any atom is -0.433 e. The number of rotatable bonds is 2. The number of hydrogen-bond donors (Lipinski definition) is 0. The Morgan fingerprint density at radius 1 is 0.548 bits per heavy atom. The highest BCUT2D eigenvalue weighted by Crippen LogP contribution is 2.52. The number of carbonyl (C=O) groups is 1. The quantitative estimate of drug-likeness (QED) is 0.360. The molecule has 1 aliphatic carbocycles. The van der Waals surface area contributed by atoms with Crippen LogP contribution in [0.4, 0.5) is 4.79 Å². The summed E-state index contributed by atoms with van der Waals surface area (Å²) in [7, 11) is 0. The van der Waals surface area contributed by atoms with Gasteiger partial charge < -0.3 is 9.47 Å². The largest absolute Gasteiger partial charge is 0.508 e. The van der Waals surface area contributed by atoms with E-state index in [1.165, 1.54) is 11.1 Å². The van der Waals surface area contributed by atoms with Crippen molar-refractivity contribution < 1.29 is 14.3 Å². The van der Waals surface area contributed by atoms with Crippen LogP contribution < -0.4 is 0 Å². The van der Waals surface area contributed by atoms with Crippen LogP contribution in [0.2, 0.25) is 0 Å². The Bertz CT molecular complexity index is 1190. The predicted octanol–water partition coefficient (Wildman–Crippen LogP) is 6.45. The number of benzene rings is 4. The molecule has 1 spiro atoms. The van der Waals surface area contributed by atoms with Gasteiger partial charge in [0.2, 0.25) is 0 Å². The van der Waals surface area contributed by atoms with Crippen LogP contribution in [0.3, 0.4) is 0 Å². The third-order valence-electron chi connectivity index (χ3n) is 6.45. The maximum Gasteiger partial charge on any atom is 0.508 e. The molecule has 0 bridgehead atoms. The van der Waals surface area contributed by atoms with Gasteiger partial charge in [-0.1, -0.05) is 84.9 Å². The van der Waals surface area contributed by atoms with Crippen LogP contribution in [0.5, 0.6) is 0 Å². The molecule has 0 aromatic heterocycles. The van der Waals surface area contributed by atoms with Gasteiger partial charge in [0.1, 0.15) is 13.2 Å². The summed E-state index contributed by atoms with van der Waals surface area (Å²) in [5.41, 5.74) is 8.77. The number of fused-ring (bicyclic) bond motifs is 5. The van der Waals surface area contributed by atoms with Crippen molar-refractivity contribution >= 4 is 6.16 Å². The summed E-state index contributed by atoms with van der Waals surface area (Å²) < 4.78 is 10.9. The summed E-state index contributed by atoms with van der Waals surface area (Å²) in [6.45, 7) is 0.560. The average molecular weight is 404 g/mol. The number of ether oxygens (including phenoxy) is 2. The van der Waals surface area contributed by atoms with E-state index in [0.717, 1.165) is 33.4 Å². The Labute approximate surface area is 180 Å². The van der Waals surface area contributed by atoms with Crippen molar-refractivity contribution in [2.45, 2.75) is 5.41 Å². The molecule has 0 saturated carbocycles. The fraction of sp³-hybridized carbons (Fsp3) is 0.107. The fourth-order valence-corrected chi connectivity index (χ4v) is 4.87. The van der Waals surface area contributed by atoms with E-state index in [-0.39, 0.29) is 13.2 Å². The molecule has 0 N–H and O–H groups in total. The molecule has 3 nitrogen and oxygen atoms in total. The monoisotopic (exact) mass is 404 g/mol. The Morgan fingerprint density at radius 2 is 1.00 bits per heavy atom. The van der Waals surface area contributed by atoms with E-state index in [1.54, 1.807) is 0 Å². The summed E-state index contributed by atoms with van der Waals surface area (Å²) in [4.78, 5) is 11.8. The van der Waals surface area contributed by atoms with Gasteiger partial charge >= 0.3 is 6.16 Å². The first kappa shape index (κ1) is 18.0. The normalized spacial score (nSPS) is 15.7. The lowest BCUT2D eigenvalue weighted by molar-refractivity contribution is -0.0140. The lowest BCUT2D eigenvalue weighted by Crippen LogP contribution is -2.42. The molecule has 0 radical (unpaired) electrons. The second-order valence-electron chi connectivity index (χ2n) is 8.16. The lowest BCUT2D eigenvalue weighted by atomic mass is 9.78. The number of hydrogen-bond acceptors (Lipinski definition) is 3. The minimum atomic E-state index is -0.598. The molecule has 1 saturated heterocycles. The van der Waals surface area contributed by atoms with E-state index in [2.05, 4.69) is 60.7 Å². The van der Waals surface area contributed by atoms with E-state index in [1.807, 2.05) is 36.4 Å². The van der Waals surface area contributed by atoms with Crippen LogP contribution in [-0.4, -0.2) is 19.4 Å². The van der Waals surface area contributed by atoms with Crippen molar-refractivity contribution in [3.63, 3.8) is 0 Å². The zero-order chi connectivity index (χ0) is 20.8. The highest BCUT2D eigenvalue weighted by atomic mass is 16.7. The van der Waals surface area contributed by atoms with Gasteiger partial charge in [-0.25, -0.2) is 4.79 Å². The van der Waals surface area contributed by atoms with Gasteiger partial charge in [0.05, 0.1) is 5.41 Å². The smallest absolute Gasteiger partial charge is 0.433 e. The standard InChI is InChI=1S/C28H20O3/c29-27-30-17-28(18-31-27)25-15-21(19-7-3-1-4-8-19)11-13-23(25)24-14-12-22(16-26(24)28)20-9-5-2-6-10-20/h1-16H,17-18H2. The second-order valence-corrected chi connectivity index (χ2v) is 8.16. The molecule has 4 aromatic rings. The van der Waals surface area contributed by atoms with Crippen molar-refractivity contribution in [2.75, 3.05) is 13.2 Å². The highest BCUT2D eigenvalue weighted by Gasteiger charge is 2.48. The fourth-order valence-electron chi connectivity index (χ4n) is 4.87. The topological polar surface area (TPSA) is 35.5 Å². The first-order valence-corrected chi connectivity index (χ1v) is 10.4. The maximum atomic E-state index is 11.8. The van der Waals surface area contributed by atoms with Crippen LogP contribution in [0.15, 0.2) is 97.1 Å². The van der Waals surface area contributed by atoms with E-state index in [0.29, 0.717) is 0 Å². The molecule has 0 unspecified atom stereocenters. The minimum absolute atomic E-state index is 0.280. The van der Waals surface area contributed by atoms with Crippen molar-refractivity contribution in [3.8, 4) is 33.4 Å². The van der Waals surface area contributed by atoms with Crippen LogP contribution in [0.1, 0.15) is 11.1 Å². The molecule has 4 aromatic carbocycles. The Hall–Kier alpha value is -3.85. The van der Waals surface area contributed by atoms with Gasteiger partial charge in [-0.05, 0) is 56.6 Å². The van der Waals surface area contributed by atoms with Gasteiger partial charge in [0.25, 0.3) is 0 Å². The Morgan fingerprint density at radius 3 is 1.45 bits per heavy atom. The molecule has 1 fully saturated rings. The first-order valence-electron chi connectivity index (χ1n) is 10.4. The second kappa shape index (κ2) is 6.85. The van der Waals surface area contributed by atoms with Crippen molar-refractivity contribution in [1.29, 1.82) is 0 Å². The average Bonchev–Trinajstić information content (AvgIpc) is 3.10. The molecular formula is C28H20O3. The SMILES string of the molecule is O=C1OCC2(CO1)c1cc(-c3ccccc3)ccc1-c1ccc(-c3ccccc3)cc12. The molecule has 0 atom stereocenters. The summed E-state index contributed by atoms with van der Waals surface area (Å²) in [5, 5.41) is 0. The van der Waals surface area contributed by atoms with Crippen LogP contribution in [0.25, 0.3) is 33.4 Å².